The molecule has 0 atom stereocenters. The van der Waals surface area contributed by atoms with Gasteiger partial charge in [-0.2, -0.15) is 5.10 Å². The Kier molecular flexibility index (Phi) is 4.19. The number of aromatic nitrogens is 3. The first-order valence-corrected chi connectivity index (χ1v) is 6.44. The maximum Gasteiger partial charge on any atom is 0.312 e. The fourth-order valence-corrected chi connectivity index (χ4v) is 2.06. The van der Waals surface area contributed by atoms with Gasteiger partial charge in [-0.05, 0) is 6.42 Å². The molecule has 0 radical (unpaired) electrons. The lowest BCUT2D eigenvalue weighted by Gasteiger charge is -2.06. The fraction of sp³-hybridized carbons (Fsp3) is 0.333. The Morgan fingerprint density at radius 1 is 1.55 bits per heavy atom. The van der Waals surface area contributed by atoms with Gasteiger partial charge >= 0.3 is 5.69 Å². The Labute approximate surface area is 120 Å². The minimum atomic E-state index is -0.509. The molecule has 0 aromatic carbocycles. The van der Waals surface area contributed by atoms with Crippen LogP contribution in [-0.2, 0) is 20.0 Å². The molecule has 0 spiro atoms. The van der Waals surface area contributed by atoms with Gasteiger partial charge in [0.05, 0.1) is 15.6 Å². The van der Waals surface area contributed by atoms with Crippen molar-refractivity contribution >= 4 is 23.1 Å². The highest BCUT2D eigenvalue weighted by Gasteiger charge is 2.16. The monoisotopic (exact) mass is 295 g/mol. The number of nitrogens with one attached hydrogen (secondary N) is 1. The molecule has 0 saturated heterocycles. The van der Waals surface area contributed by atoms with Crippen molar-refractivity contribution in [3.63, 3.8) is 0 Å². The Balaban J connectivity index is 2.20. The van der Waals surface area contributed by atoms with Crippen LogP contribution in [0, 0.1) is 10.1 Å². The summed E-state index contributed by atoms with van der Waals surface area (Å²) in [6, 6.07) is 1.28. The summed E-state index contributed by atoms with van der Waals surface area (Å²) in [6.45, 7) is 2.43. The number of nitrogens with zero attached hydrogens (tertiary/aromatic N) is 4. The van der Waals surface area contributed by atoms with Crippen LogP contribution in [-0.4, -0.2) is 19.7 Å². The van der Waals surface area contributed by atoms with Gasteiger partial charge < -0.3 is 5.32 Å². The second kappa shape index (κ2) is 5.87. The van der Waals surface area contributed by atoms with E-state index in [4.69, 9.17) is 11.6 Å². The summed E-state index contributed by atoms with van der Waals surface area (Å²) in [5.41, 5.74) is 1.80. The summed E-state index contributed by atoms with van der Waals surface area (Å²) in [5, 5.41) is 18.5. The van der Waals surface area contributed by atoms with E-state index in [0.29, 0.717) is 6.54 Å². The zero-order valence-electron chi connectivity index (χ0n) is 11.1. The van der Waals surface area contributed by atoms with Crippen LogP contribution in [0.3, 0.4) is 0 Å². The first-order chi connectivity index (χ1) is 9.51. The van der Waals surface area contributed by atoms with Crippen LogP contribution in [0.2, 0.25) is 5.02 Å². The maximum absolute atomic E-state index is 11.0. The van der Waals surface area contributed by atoms with Crippen molar-refractivity contribution in [1.29, 1.82) is 0 Å². The summed E-state index contributed by atoms with van der Waals surface area (Å²) in [6.07, 6.45) is 4.06. The Bertz CT molecular complexity index is 641. The molecular formula is C12H14ClN5O2. The summed E-state index contributed by atoms with van der Waals surface area (Å²) >= 11 is 5.72. The van der Waals surface area contributed by atoms with E-state index in [1.165, 1.54) is 12.3 Å². The lowest BCUT2D eigenvalue weighted by Crippen LogP contribution is -2.05. The first kappa shape index (κ1) is 14.3. The highest BCUT2D eigenvalue weighted by atomic mass is 35.5. The number of rotatable bonds is 5. The maximum atomic E-state index is 11.0. The number of anilines is 1. The molecule has 8 heteroatoms. The van der Waals surface area contributed by atoms with Crippen LogP contribution < -0.4 is 5.32 Å². The molecule has 0 aliphatic carbocycles. The van der Waals surface area contributed by atoms with Gasteiger partial charge in [-0.3, -0.25) is 14.8 Å². The molecular weight excluding hydrogens is 282 g/mol. The Hall–Kier alpha value is -2.15. The topological polar surface area (TPSA) is 85.9 Å². The SMILES string of the molecule is CCc1nn(C)cc1CNc1ncc(Cl)cc1[N+](=O)[O-]. The van der Waals surface area contributed by atoms with E-state index in [9.17, 15) is 10.1 Å². The van der Waals surface area contributed by atoms with E-state index < -0.39 is 4.92 Å². The third-order valence-corrected chi connectivity index (χ3v) is 3.01. The third kappa shape index (κ3) is 3.05. The number of halogens is 1. The second-order valence-corrected chi connectivity index (χ2v) is 4.70. The van der Waals surface area contributed by atoms with Gasteiger partial charge in [-0.15, -0.1) is 0 Å². The minimum absolute atomic E-state index is 0.139. The van der Waals surface area contributed by atoms with Gasteiger partial charge in [-0.1, -0.05) is 18.5 Å². The molecule has 0 aliphatic heterocycles. The van der Waals surface area contributed by atoms with Crippen LogP contribution in [0.5, 0.6) is 0 Å². The van der Waals surface area contributed by atoms with Gasteiger partial charge in [0.25, 0.3) is 0 Å². The molecule has 0 saturated carbocycles. The molecule has 7 nitrogen and oxygen atoms in total. The average Bonchev–Trinajstić information content (AvgIpc) is 2.77. The number of nitro groups is 1. The molecule has 20 heavy (non-hydrogen) atoms. The van der Waals surface area contributed by atoms with Crippen molar-refractivity contribution in [3.05, 3.63) is 44.9 Å². The number of hydrogen-bond acceptors (Lipinski definition) is 5. The van der Waals surface area contributed by atoms with Crippen molar-refractivity contribution in [3.8, 4) is 0 Å². The van der Waals surface area contributed by atoms with Crippen LogP contribution >= 0.6 is 11.6 Å². The van der Waals surface area contributed by atoms with Crippen molar-refractivity contribution in [1.82, 2.24) is 14.8 Å². The summed E-state index contributed by atoms with van der Waals surface area (Å²) in [4.78, 5) is 14.4. The van der Waals surface area contributed by atoms with Gasteiger partial charge in [0.15, 0.2) is 0 Å². The van der Waals surface area contributed by atoms with E-state index in [2.05, 4.69) is 15.4 Å². The molecule has 2 aromatic heterocycles. The third-order valence-electron chi connectivity index (χ3n) is 2.80. The molecule has 0 aliphatic rings. The fourth-order valence-electron chi connectivity index (χ4n) is 1.91. The molecule has 2 heterocycles. The van der Waals surface area contributed by atoms with Crippen molar-refractivity contribution in [2.24, 2.45) is 7.05 Å². The van der Waals surface area contributed by atoms with Gasteiger partial charge in [0.1, 0.15) is 0 Å². The minimum Gasteiger partial charge on any atom is -0.360 e. The molecule has 1 N–H and O–H groups in total. The average molecular weight is 296 g/mol. The molecule has 0 amide bonds. The van der Waals surface area contributed by atoms with E-state index in [0.717, 1.165) is 17.7 Å². The van der Waals surface area contributed by atoms with E-state index in [1.54, 1.807) is 4.68 Å². The van der Waals surface area contributed by atoms with E-state index >= 15 is 0 Å². The van der Waals surface area contributed by atoms with Gasteiger partial charge in [0, 0.05) is 37.6 Å². The quantitative estimate of drug-likeness (QED) is 0.676. The highest BCUT2D eigenvalue weighted by molar-refractivity contribution is 6.30. The summed E-state index contributed by atoms with van der Waals surface area (Å²) in [5.74, 6) is 0.199. The van der Waals surface area contributed by atoms with Crippen LogP contribution in [0.15, 0.2) is 18.5 Å². The molecule has 2 aromatic rings. The molecule has 0 unspecified atom stereocenters. The molecule has 0 fully saturated rings. The molecule has 2 rings (SSSR count). The number of hydrogen-bond donors (Lipinski definition) is 1. The highest BCUT2D eigenvalue weighted by Crippen LogP contribution is 2.25. The van der Waals surface area contributed by atoms with Crippen LogP contribution in [0.1, 0.15) is 18.2 Å². The number of aryl methyl sites for hydroxylation is 2. The lowest BCUT2D eigenvalue weighted by molar-refractivity contribution is -0.384. The number of pyridine rings is 1. The Morgan fingerprint density at radius 3 is 2.95 bits per heavy atom. The standard InChI is InChI=1S/C12H14ClN5O2/c1-3-10-8(7-17(2)16-10)5-14-12-11(18(19)20)4-9(13)6-15-12/h4,6-7H,3,5H2,1-2H3,(H,14,15). The van der Waals surface area contributed by atoms with Crippen LogP contribution in [0.25, 0.3) is 0 Å². The molecule has 0 bridgehead atoms. The van der Waals surface area contributed by atoms with Gasteiger partial charge in [0.2, 0.25) is 5.82 Å². The largest absolute Gasteiger partial charge is 0.360 e. The smallest absolute Gasteiger partial charge is 0.312 e. The van der Waals surface area contributed by atoms with E-state index in [1.807, 2.05) is 20.2 Å². The summed E-state index contributed by atoms with van der Waals surface area (Å²) in [7, 11) is 1.84. The van der Waals surface area contributed by atoms with Crippen molar-refractivity contribution in [2.75, 3.05) is 5.32 Å². The zero-order chi connectivity index (χ0) is 14.7. The van der Waals surface area contributed by atoms with Crippen molar-refractivity contribution in [2.45, 2.75) is 19.9 Å². The van der Waals surface area contributed by atoms with Crippen molar-refractivity contribution < 1.29 is 4.92 Å². The van der Waals surface area contributed by atoms with E-state index in [-0.39, 0.29) is 16.5 Å². The predicted molar refractivity (Wildman–Crippen MR) is 75.8 cm³/mol. The first-order valence-electron chi connectivity index (χ1n) is 6.06. The Morgan fingerprint density at radius 2 is 2.30 bits per heavy atom. The summed E-state index contributed by atoms with van der Waals surface area (Å²) < 4.78 is 1.72. The van der Waals surface area contributed by atoms with Gasteiger partial charge in [-0.25, -0.2) is 4.98 Å². The van der Waals surface area contributed by atoms with Crippen LogP contribution in [0.4, 0.5) is 11.5 Å². The lowest BCUT2D eigenvalue weighted by atomic mass is 10.2. The second-order valence-electron chi connectivity index (χ2n) is 4.26. The zero-order valence-corrected chi connectivity index (χ0v) is 11.9. The predicted octanol–water partition coefficient (Wildman–Crippen LogP) is 2.55. The molecule has 106 valence electrons. The normalized spacial score (nSPS) is 10.6.